The smallest absolute Gasteiger partial charge is 0.407 e. The van der Waals surface area contributed by atoms with Gasteiger partial charge in [0, 0.05) is 31.0 Å². The quantitative estimate of drug-likeness (QED) is 0.0867. The predicted octanol–water partition coefficient (Wildman–Crippen LogP) is 8.20. The van der Waals surface area contributed by atoms with Gasteiger partial charge in [0.25, 0.3) is 0 Å². The lowest BCUT2D eigenvalue weighted by molar-refractivity contribution is -0.127. The van der Waals surface area contributed by atoms with Gasteiger partial charge in [0.05, 0.1) is 6.61 Å². The van der Waals surface area contributed by atoms with Crippen molar-refractivity contribution in [1.29, 1.82) is 0 Å². The van der Waals surface area contributed by atoms with E-state index in [1.54, 1.807) is 0 Å². The number of nitrogens with one attached hydrogen (secondary N) is 3. The molecule has 232 valence electrons. The highest BCUT2D eigenvalue weighted by Crippen LogP contribution is 2.26. The Morgan fingerprint density at radius 1 is 0.750 bits per heavy atom. The van der Waals surface area contributed by atoms with E-state index in [1.807, 2.05) is 0 Å². The van der Waals surface area contributed by atoms with Crippen molar-refractivity contribution in [3.05, 3.63) is 12.2 Å². The standard InChI is InChI=1S/C34H63N3O3/c1-2-3-4-5-6-7-8-9-10-11-12-13-14-15-16-20-27-37-34(39)40-29-30-22-17-18-24-32(30)33(38)36-28-25-31-23-19-21-26-35-31/h17-18,30-32,35H,2-16,19-29H2,1H3,(H,36,38)(H,37,39). The summed E-state index contributed by atoms with van der Waals surface area (Å²) in [6.07, 6.45) is 31.6. The molecule has 0 aromatic carbocycles. The number of allylic oxidation sites excluding steroid dienone is 2. The summed E-state index contributed by atoms with van der Waals surface area (Å²) in [6, 6.07) is 0.525. The molecule has 6 heteroatoms. The molecule has 1 fully saturated rings. The average molecular weight is 562 g/mol. The maximum absolute atomic E-state index is 12.8. The van der Waals surface area contributed by atoms with E-state index in [4.69, 9.17) is 4.74 Å². The number of carbonyl (C=O) groups is 2. The lowest BCUT2D eigenvalue weighted by atomic mass is 9.83. The first-order valence-electron chi connectivity index (χ1n) is 17.3. The fourth-order valence-corrected chi connectivity index (χ4v) is 6.14. The summed E-state index contributed by atoms with van der Waals surface area (Å²) in [6.45, 7) is 5.05. The molecule has 1 aliphatic heterocycles. The molecule has 0 aromatic heterocycles. The summed E-state index contributed by atoms with van der Waals surface area (Å²) >= 11 is 0. The molecule has 0 bridgehead atoms. The zero-order valence-electron chi connectivity index (χ0n) is 26.0. The molecule has 0 aromatic rings. The first-order valence-corrected chi connectivity index (χ1v) is 17.3. The van der Waals surface area contributed by atoms with Gasteiger partial charge in [-0.15, -0.1) is 0 Å². The van der Waals surface area contributed by atoms with E-state index in [1.165, 1.54) is 109 Å². The maximum Gasteiger partial charge on any atom is 0.407 e. The molecule has 0 saturated carbocycles. The van der Waals surface area contributed by atoms with Crippen LogP contribution in [0.15, 0.2) is 12.2 Å². The second-order valence-electron chi connectivity index (χ2n) is 12.4. The van der Waals surface area contributed by atoms with E-state index in [2.05, 4.69) is 35.0 Å². The van der Waals surface area contributed by atoms with Crippen LogP contribution >= 0.6 is 0 Å². The fraction of sp³-hybridized carbons (Fsp3) is 0.882. The van der Waals surface area contributed by atoms with E-state index in [0.29, 0.717) is 25.7 Å². The Kier molecular flexibility index (Phi) is 20.9. The van der Waals surface area contributed by atoms with E-state index < -0.39 is 0 Å². The van der Waals surface area contributed by atoms with Gasteiger partial charge in [0.2, 0.25) is 5.91 Å². The zero-order valence-corrected chi connectivity index (χ0v) is 26.0. The van der Waals surface area contributed by atoms with Crippen molar-refractivity contribution in [3.63, 3.8) is 0 Å². The molecule has 6 nitrogen and oxygen atoms in total. The number of hydrogen-bond donors (Lipinski definition) is 3. The van der Waals surface area contributed by atoms with Crippen molar-refractivity contribution in [2.75, 3.05) is 26.2 Å². The molecule has 0 radical (unpaired) electrons. The van der Waals surface area contributed by atoms with Crippen LogP contribution in [0.25, 0.3) is 0 Å². The molecular formula is C34H63N3O3. The summed E-state index contributed by atoms with van der Waals surface area (Å²) in [7, 11) is 0. The van der Waals surface area contributed by atoms with Gasteiger partial charge in [-0.3, -0.25) is 4.79 Å². The maximum atomic E-state index is 12.8. The summed E-state index contributed by atoms with van der Waals surface area (Å²) in [4.78, 5) is 25.0. The van der Waals surface area contributed by atoms with Crippen LogP contribution in [0, 0.1) is 11.8 Å². The number of carbonyl (C=O) groups excluding carboxylic acids is 2. The van der Waals surface area contributed by atoms with Crippen molar-refractivity contribution < 1.29 is 14.3 Å². The zero-order chi connectivity index (χ0) is 28.5. The van der Waals surface area contributed by atoms with Gasteiger partial charge < -0.3 is 20.7 Å². The monoisotopic (exact) mass is 561 g/mol. The highest BCUT2D eigenvalue weighted by molar-refractivity contribution is 5.79. The number of unbranched alkanes of at least 4 members (excludes halogenated alkanes) is 15. The molecule has 2 aliphatic rings. The molecule has 1 saturated heterocycles. The highest BCUT2D eigenvalue weighted by atomic mass is 16.5. The number of ether oxygens (including phenoxy) is 1. The third-order valence-corrected chi connectivity index (χ3v) is 8.83. The van der Waals surface area contributed by atoms with Crippen molar-refractivity contribution in [2.45, 2.75) is 154 Å². The average Bonchev–Trinajstić information content (AvgIpc) is 2.98. The van der Waals surface area contributed by atoms with Gasteiger partial charge in [-0.05, 0) is 45.1 Å². The minimum Gasteiger partial charge on any atom is -0.449 e. The second kappa shape index (κ2) is 24.1. The Hall–Kier alpha value is -1.56. The van der Waals surface area contributed by atoms with Gasteiger partial charge >= 0.3 is 6.09 Å². The minimum absolute atomic E-state index is 0.0547. The van der Waals surface area contributed by atoms with Crippen LogP contribution in [0.5, 0.6) is 0 Å². The molecule has 40 heavy (non-hydrogen) atoms. The molecule has 3 unspecified atom stereocenters. The third kappa shape index (κ3) is 17.3. The number of piperidine rings is 1. The summed E-state index contributed by atoms with van der Waals surface area (Å²) in [5.74, 6) is 0.0406. The summed E-state index contributed by atoms with van der Waals surface area (Å²) in [5.41, 5.74) is 0. The van der Waals surface area contributed by atoms with Crippen LogP contribution in [0.4, 0.5) is 4.79 Å². The molecule has 2 amide bonds. The Morgan fingerprint density at radius 3 is 1.95 bits per heavy atom. The van der Waals surface area contributed by atoms with Gasteiger partial charge in [0.1, 0.15) is 0 Å². The van der Waals surface area contributed by atoms with Crippen molar-refractivity contribution in [1.82, 2.24) is 16.0 Å². The lowest BCUT2D eigenvalue weighted by Crippen LogP contribution is -2.41. The van der Waals surface area contributed by atoms with Crippen LogP contribution < -0.4 is 16.0 Å². The molecule has 1 heterocycles. The molecule has 3 N–H and O–H groups in total. The fourth-order valence-electron chi connectivity index (χ4n) is 6.14. The van der Waals surface area contributed by atoms with E-state index >= 15 is 0 Å². The number of amides is 2. The third-order valence-electron chi connectivity index (χ3n) is 8.83. The van der Waals surface area contributed by atoms with Crippen molar-refractivity contribution in [3.8, 4) is 0 Å². The summed E-state index contributed by atoms with van der Waals surface area (Å²) in [5, 5.41) is 9.57. The number of rotatable bonds is 23. The van der Waals surface area contributed by atoms with Crippen LogP contribution in [0.1, 0.15) is 148 Å². The largest absolute Gasteiger partial charge is 0.449 e. The van der Waals surface area contributed by atoms with Gasteiger partial charge in [-0.2, -0.15) is 0 Å². The number of alkyl carbamates (subject to hydrolysis) is 1. The first-order chi connectivity index (χ1) is 19.7. The normalized spacial score (nSPS) is 20.8. The minimum atomic E-state index is -0.349. The molecule has 2 rings (SSSR count). The SMILES string of the molecule is CCCCCCCCCCCCCCCCCCNC(=O)OCC1CC=CCC1C(=O)NCCC1CCCCN1. The van der Waals surface area contributed by atoms with Crippen LogP contribution in [0.3, 0.4) is 0 Å². The Bertz CT molecular complexity index is 663. The van der Waals surface area contributed by atoms with Gasteiger partial charge in [-0.1, -0.05) is 122 Å². The molecule has 3 atom stereocenters. The Labute approximate surface area is 246 Å². The van der Waals surface area contributed by atoms with Crippen LogP contribution in [-0.4, -0.2) is 44.3 Å². The summed E-state index contributed by atoms with van der Waals surface area (Å²) < 4.78 is 5.52. The van der Waals surface area contributed by atoms with E-state index in [9.17, 15) is 9.59 Å². The molecular weight excluding hydrogens is 498 g/mol. The van der Waals surface area contributed by atoms with Gasteiger partial charge in [0.15, 0.2) is 0 Å². The van der Waals surface area contributed by atoms with Crippen LogP contribution in [-0.2, 0) is 9.53 Å². The predicted molar refractivity (Wildman–Crippen MR) is 168 cm³/mol. The number of hydrogen-bond acceptors (Lipinski definition) is 4. The first kappa shape index (κ1) is 34.6. The lowest BCUT2D eigenvalue weighted by Gasteiger charge is -2.28. The highest BCUT2D eigenvalue weighted by Gasteiger charge is 2.30. The second-order valence-corrected chi connectivity index (χ2v) is 12.4. The van der Waals surface area contributed by atoms with Crippen molar-refractivity contribution in [2.24, 2.45) is 11.8 Å². The molecule has 1 aliphatic carbocycles. The van der Waals surface area contributed by atoms with Gasteiger partial charge in [-0.25, -0.2) is 4.79 Å². The topological polar surface area (TPSA) is 79.5 Å². The molecule has 0 spiro atoms. The van der Waals surface area contributed by atoms with Crippen molar-refractivity contribution >= 4 is 12.0 Å². The van der Waals surface area contributed by atoms with E-state index in [0.717, 1.165) is 38.6 Å². The van der Waals surface area contributed by atoms with Crippen LogP contribution in [0.2, 0.25) is 0 Å². The Balaban J connectivity index is 1.39. The van der Waals surface area contributed by atoms with E-state index in [-0.39, 0.29) is 23.8 Å². The Morgan fingerprint density at radius 2 is 1.35 bits per heavy atom.